The van der Waals surface area contributed by atoms with Gasteiger partial charge in [-0.3, -0.25) is 4.79 Å². The maximum absolute atomic E-state index is 12.8. The molecule has 0 unspecified atom stereocenters. The normalized spacial score (nSPS) is 23.3. The molecule has 3 rings (SSSR count). The lowest BCUT2D eigenvalue weighted by molar-refractivity contribution is 0.0873. The Bertz CT molecular complexity index is 796. The van der Waals surface area contributed by atoms with Crippen LogP contribution in [0, 0.1) is 0 Å². The van der Waals surface area contributed by atoms with E-state index in [2.05, 4.69) is 38.3 Å². The van der Waals surface area contributed by atoms with Crippen molar-refractivity contribution in [1.82, 2.24) is 14.9 Å². The first-order valence-electron chi connectivity index (χ1n) is 9.69. The minimum atomic E-state index is -3.52. The molecule has 1 amide bonds. The molecule has 2 aliphatic heterocycles. The summed E-state index contributed by atoms with van der Waals surface area (Å²) in [5.74, 6) is -0.216. The van der Waals surface area contributed by atoms with E-state index >= 15 is 0 Å². The Morgan fingerprint density at radius 2 is 1.70 bits per heavy atom. The summed E-state index contributed by atoms with van der Waals surface area (Å²) in [4.78, 5) is 13.0. The number of nitrogens with one attached hydrogen (secondary N) is 2. The quantitative estimate of drug-likeness (QED) is 0.824. The largest absolute Gasteiger partial charge is 0.349 e. The fourth-order valence-electron chi connectivity index (χ4n) is 4.57. The van der Waals surface area contributed by atoms with Gasteiger partial charge < -0.3 is 10.6 Å². The van der Waals surface area contributed by atoms with Crippen molar-refractivity contribution in [3.63, 3.8) is 0 Å². The molecule has 0 aromatic heterocycles. The summed E-state index contributed by atoms with van der Waals surface area (Å²) in [6.45, 7) is 9.65. The average molecular weight is 394 g/mol. The molecule has 2 fully saturated rings. The van der Waals surface area contributed by atoms with Gasteiger partial charge in [0.15, 0.2) is 0 Å². The highest BCUT2D eigenvalue weighted by Crippen LogP contribution is 2.29. The molecule has 2 heterocycles. The van der Waals surface area contributed by atoms with Gasteiger partial charge in [0.25, 0.3) is 5.91 Å². The number of sulfonamides is 1. The number of benzene rings is 1. The smallest absolute Gasteiger partial charge is 0.251 e. The summed E-state index contributed by atoms with van der Waals surface area (Å²) >= 11 is 0. The van der Waals surface area contributed by atoms with Crippen molar-refractivity contribution in [2.24, 2.45) is 0 Å². The molecule has 2 saturated heterocycles. The van der Waals surface area contributed by atoms with E-state index in [0.717, 1.165) is 25.7 Å². The van der Waals surface area contributed by atoms with Crippen LogP contribution in [0.4, 0.5) is 0 Å². The number of carbonyl (C=O) groups excluding carboxylic acids is 1. The summed E-state index contributed by atoms with van der Waals surface area (Å²) in [5.41, 5.74) is 0.255. The monoisotopic (exact) mass is 393 g/mol. The van der Waals surface area contributed by atoms with Crippen molar-refractivity contribution in [3.05, 3.63) is 29.8 Å². The van der Waals surface area contributed by atoms with E-state index in [4.69, 9.17) is 0 Å². The van der Waals surface area contributed by atoms with Crippen LogP contribution in [0.5, 0.6) is 0 Å². The maximum Gasteiger partial charge on any atom is 0.251 e. The molecule has 1 aromatic rings. The molecule has 150 valence electrons. The van der Waals surface area contributed by atoms with Crippen molar-refractivity contribution >= 4 is 15.9 Å². The van der Waals surface area contributed by atoms with Crippen LogP contribution in [0.15, 0.2) is 29.2 Å². The van der Waals surface area contributed by atoms with Crippen molar-refractivity contribution in [2.45, 2.75) is 75.4 Å². The number of piperidine rings is 1. The second-order valence-corrected chi connectivity index (χ2v) is 11.0. The van der Waals surface area contributed by atoms with E-state index in [1.54, 1.807) is 18.2 Å². The predicted octanol–water partition coefficient (Wildman–Crippen LogP) is 2.51. The van der Waals surface area contributed by atoms with Gasteiger partial charge in [0, 0.05) is 35.8 Å². The molecule has 1 aromatic carbocycles. The molecular formula is C20H31N3O3S. The van der Waals surface area contributed by atoms with Crippen LogP contribution in [-0.2, 0) is 10.0 Å². The maximum atomic E-state index is 12.8. The number of amides is 1. The van der Waals surface area contributed by atoms with E-state index in [-0.39, 0.29) is 27.9 Å². The minimum Gasteiger partial charge on any atom is -0.349 e. The van der Waals surface area contributed by atoms with Gasteiger partial charge in [0.05, 0.1) is 4.90 Å². The summed E-state index contributed by atoms with van der Waals surface area (Å²) in [7, 11) is -3.52. The minimum absolute atomic E-state index is 0.0441. The molecular weight excluding hydrogens is 362 g/mol. The van der Waals surface area contributed by atoms with Crippen LogP contribution in [0.1, 0.15) is 63.7 Å². The summed E-state index contributed by atoms with van der Waals surface area (Å²) in [6, 6.07) is 6.44. The van der Waals surface area contributed by atoms with Crippen molar-refractivity contribution in [2.75, 3.05) is 13.1 Å². The highest BCUT2D eigenvalue weighted by Gasteiger charge is 2.38. The van der Waals surface area contributed by atoms with Crippen LogP contribution in [0.3, 0.4) is 0 Å². The van der Waals surface area contributed by atoms with Crippen LogP contribution >= 0.6 is 0 Å². The zero-order valence-corrected chi connectivity index (χ0v) is 17.5. The third-order valence-corrected chi connectivity index (χ3v) is 7.22. The van der Waals surface area contributed by atoms with Gasteiger partial charge >= 0.3 is 0 Å². The Hall–Kier alpha value is -1.44. The van der Waals surface area contributed by atoms with Gasteiger partial charge in [-0.25, -0.2) is 8.42 Å². The van der Waals surface area contributed by atoms with Gasteiger partial charge in [-0.05, 0) is 71.6 Å². The molecule has 27 heavy (non-hydrogen) atoms. The molecule has 6 nitrogen and oxygen atoms in total. The van der Waals surface area contributed by atoms with Crippen LogP contribution < -0.4 is 10.6 Å². The molecule has 0 aliphatic carbocycles. The van der Waals surface area contributed by atoms with Crippen LogP contribution in [0.2, 0.25) is 0 Å². The number of nitrogens with zero attached hydrogens (tertiary/aromatic N) is 1. The topological polar surface area (TPSA) is 78.5 Å². The molecule has 0 bridgehead atoms. The summed E-state index contributed by atoms with van der Waals surface area (Å²) in [5, 5.41) is 6.71. The number of carbonyl (C=O) groups is 1. The Labute approximate surface area is 162 Å². The third kappa shape index (κ3) is 4.70. The molecule has 0 atom stereocenters. The fourth-order valence-corrected chi connectivity index (χ4v) is 6.13. The van der Waals surface area contributed by atoms with Crippen molar-refractivity contribution in [1.29, 1.82) is 0 Å². The van der Waals surface area contributed by atoms with Gasteiger partial charge in [-0.15, -0.1) is 0 Å². The van der Waals surface area contributed by atoms with E-state index in [0.29, 0.717) is 18.7 Å². The molecule has 0 saturated carbocycles. The summed E-state index contributed by atoms with van der Waals surface area (Å²) in [6.07, 6.45) is 3.43. The SMILES string of the molecule is CC1(C)CC(NC(=O)c2cccc(S(=O)(=O)N3CCCC3)c2)CC(C)(C)N1. The van der Waals surface area contributed by atoms with Crippen LogP contribution in [-0.4, -0.2) is 48.8 Å². The van der Waals surface area contributed by atoms with E-state index in [1.165, 1.54) is 10.4 Å². The highest BCUT2D eigenvalue weighted by molar-refractivity contribution is 7.89. The van der Waals surface area contributed by atoms with Gasteiger partial charge in [0.1, 0.15) is 0 Å². The van der Waals surface area contributed by atoms with Gasteiger partial charge in [0.2, 0.25) is 10.0 Å². The Morgan fingerprint density at radius 3 is 2.30 bits per heavy atom. The highest BCUT2D eigenvalue weighted by atomic mass is 32.2. The third-order valence-electron chi connectivity index (χ3n) is 5.32. The van der Waals surface area contributed by atoms with Crippen LogP contribution in [0.25, 0.3) is 0 Å². The summed E-state index contributed by atoms with van der Waals surface area (Å²) < 4.78 is 27.0. The second kappa shape index (κ2) is 7.18. The fraction of sp³-hybridized carbons (Fsp3) is 0.650. The first-order valence-corrected chi connectivity index (χ1v) is 11.1. The zero-order chi connectivity index (χ0) is 19.9. The molecule has 0 radical (unpaired) electrons. The molecule has 0 spiro atoms. The lowest BCUT2D eigenvalue weighted by Crippen LogP contribution is -2.62. The number of hydrogen-bond acceptors (Lipinski definition) is 4. The molecule has 2 aliphatic rings. The molecule has 7 heteroatoms. The Morgan fingerprint density at radius 1 is 1.11 bits per heavy atom. The first kappa shape index (κ1) is 20.3. The zero-order valence-electron chi connectivity index (χ0n) is 16.7. The van der Waals surface area contributed by atoms with E-state index in [1.807, 2.05) is 0 Å². The Balaban J connectivity index is 1.76. The predicted molar refractivity (Wildman–Crippen MR) is 106 cm³/mol. The molecule has 2 N–H and O–H groups in total. The number of hydrogen-bond donors (Lipinski definition) is 2. The average Bonchev–Trinajstić information content (AvgIpc) is 3.07. The number of rotatable bonds is 4. The van der Waals surface area contributed by atoms with Crippen molar-refractivity contribution in [3.8, 4) is 0 Å². The lowest BCUT2D eigenvalue weighted by atomic mass is 9.79. The first-order chi connectivity index (χ1) is 12.5. The van der Waals surface area contributed by atoms with E-state index < -0.39 is 10.0 Å². The Kier molecular flexibility index (Phi) is 5.40. The standard InChI is InChI=1S/C20H31N3O3S/c1-19(2)13-16(14-20(3,4)22-19)21-18(24)15-8-7-9-17(12-15)27(25,26)23-10-5-6-11-23/h7-9,12,16,22H,5-6,10-11,13-14H2,1-4H3,(H,21,24). The lowest BCUT2D eigenvalue weighted by Gasteiger charge is -2.46. The van der Waals surface area contributed by atoms with Gasteiger partial charge in [-0.2, -0.15) is 4.31 Å². The second-order valence-electron chi connectivity index (χ2n) is 9.11. The van der Waals surface area contributed by atoms with Gasteiger partial charge in [-0.1, -0.05) is 6.07 Å². The van der Waals surface area contributed by atoms with Crippen molar-refractivity contribution < 1.29 is 13.2 Å². The van der Waals surface area contributed by atoms with E-state index in [9.17, 15) is 13.2 Å².